The summed E-state index contributed by atoms with van der Waals surface area (Å²) in [5.41, 5.74) is -0.429. The van der Waals surface area contributed by atoms with Crippen molar-refractivity contribution in [3.8, 4) is 10.7 Å². The number of methoxy groups -OCH3 is 1. The molecule has 0 aromatic carbocycles. The lowest BCUT2D eigenvalue weighted by atomic mass is 10.2. The Labute approximate surface area is 150 Å². The van der Waals surface area contributed by atoms with E-state index >= 15 is 0 Å². The Kier molecular flexibility index (Phi) is 5.31. The van der Waals surface area contributed by atoms with E-state index in [1.165, 1.54) is 17.5 Å². The molecule has 3 rings (SSSR count). The molecule has 7 nitrogen and oxygen atoms in total. The van der Waals surface area contributed by atoms with Gasteiger partial charge in [0.05, 0.1) is 17.0 Å². The van der Waals surface area contributed by atoms with Gasteiger partial charge in [0.25, 0.3) is 11.5 Å². The third kappa shape index (κ3) is 3.81. The molecule has 8 heteroatoms. The van der Waals surface area contributed by atoms with Gasteiger partial charge in [-0.1, -0.05) is 6.07 Å². The van der Waals surface area contributed by atoms with Crippen LogP contribution in [-0.2, 0) is 4.74 Å². The minimum Gasteiger partial charge on any atom is -0.378 e. The molecule has 25 heavy (non-hydrogen) atoms. The van der Waals surface area contributed by atoms with Gasteiger partial charge in [-0.3, -0.25) is 14.5 Å². The average molecular weight is 362 g/mol. The SMILES string of the molecule is CO[C@H]1CN(C(C)C)C[C@@H]1NC(=O)c1cnc(-c2cccs2)[nH]c1=O. The van der Waals surface area contributed by atoms with Gasteiger partial charge in [-0.05, 0) is 25.3 Å². The molecule has 2 aromatic rings. The first-order valence-corrected chi connectivity index (χ1v) is 9.08. The fourth-order valence-electron chi connectivity index (χ4n) is 2.94. The fourth-order valence-corrected chi connectivity index (χ4v) is 3.62. The zero-order valence-electron chi connectivity index (χ0n) is 14.5. The van der Waals surface area contributed by atoms with Crippen LogP contribution in [-0.4, -0.2) is 59.2 Å². The Morgan fingerprint density at radius 1 is 1.48 bits per heavy atom. The maximum absolute atomic E-state index is 12.5. The number of aromatic amines is 1. The van der Waals surface area contributed by atoms with Gasteiger partial charge in [-0.2, -0.15) is 0 Å². The van der Waals surface area contributed by atoms with Crippen molar-refractivity contribution in [2.75, 3.05) is 20.2 Å². The number of hydrogen-bond donors (Lipinski definition) is 2. The Morgan fingerprint density at radius 3 is 2.88 bits per heavy atom. The van der Waals surface area contributed by atoms with E-state index in [-0.39, 0.29) is 17.7 Å². The van der Waals surface area contributed by atoms with E-state index < -0.39 is 11.5 Å². The second-order valence-corrected chi connectivity index (χ2v) is 7.30. The maximum atomic E-state index is 12.5. The number of aromatic nitrogens is 2. The molecule has 2 aromatic heterocycles. The Hall–Kier alpha value is -2.03. The lowest BCUT2D eigenvalue weighted by Gasteiger charge is -2.19. The van der Waals surface area contributed by atoms with Crippen LogP contribution in [0.2, 0.25) is 0 Å². The van der Waals surface area contributed by atoms with Crippen molar-refractivity contribution in [2.45, 2.75) is 32.0 Å². The molecule has 2 atom stereocenters. The Bertz CT molecular complexity index is 787. The standard InChI is InChI=1S/C17H22N4O3S/c1-10(2)21-8-12(13(9-21)24-3)19-16(22)11-7-18-15(20-17(11)23)14-5-4-6-25-14/h4-7,10,12-13H,8-9H2,1-3H3,(H,19,22)(H,18,20,23)/t12-,13-/m0/s1. The Balaban J connectivity index is 1.74. The molecule has 0 saturated carbocycles. The fraction of sp³-hybridized carbons (Fsp3) is 0.471. The average Bonchev–Trinajstić information content (AvgIpc) is 3.24. The molecule has 3 heterocycles. The quantitative estimate of drug-likeness (QED) is 0.838. The number of hydrogen-bond acceptors (Lipinski definition) is 6. The molecule has 0 aliphatic carbocycles. The number of thiophene rings is 1. The summed E-state index contributed by atoms with van der Waals surface area (Å²) < 4.78 is 5.48. The van der Waals surface area contributed by atoms with Gasteiger partial charge in [0.2, 0.25) is 0 Å². The molecule has 1 aliphatic heterocycles. The molecule has 0 unspecified atom stereocenters. The van der Waals surface area contributed by atoms with Crippen LogP contribution in [0.3, 0.4) is 0 Å². The summed E-state index contributed by atoms with van der Waals surface area (Å²) >= 11 is 1.48. The number of rotatable bonds is 5. The zero-order chi connectivity index (χ0) is 18.0. The lowest BCUT2D eigenvalue weighted by Crippen LogP contribution is -2.45. The van der Waals surface area contributed by atoms with Crippen LogP contribution in [0, 0.1) is 0 Å². The predicted molar refractivity (Wildman–Crippen MR) is 96.9 cm³/mol. The lowest BCUT2D eigenvalue weighted by molar-refractivity contribution is 0.0752. The van der Waals surface area contributed by atoms with Gasteiger partial charge in [0.1, 0.15) is 11.4 Å². The van der Waals surface area contributed by atoms with E-state index in [0.29, 0.717) is 18.4 Å². The van der Waals surface area contributed by atoms with Gasteiger partial charge in [0, 0.05) is 32.4 Å². The predicted octanol–water partition coefficient (Wildman–Crippen LogP) is 1.34. The van der Waals surface area contributed by atoms with Crippen molar-refractivity contribution in [2.24, 2.45) is 0 Å². The molecule has 0 bridgehead atoms. The van der Waals surface area contributed by atoms with Crippen molar-refractivity contribution >= 4 is 17.2 Å². The van der Waals surface area contributed by atoms with E-state index in [0.717, 1.165) is 11.4 Å². The molecule has 2 N–H and O–H groups in total. The number of likely N-dealkylation sites (tertiary alicyclic amines) is 1. The van der Waals surface area contributed by atoms with Crippen LogP contribution in [0.25, 0.3) is 10.7 Å². The van der Waals surface area contributed by atoms with Crippen LogP contribution >= 0.6 is 11.3 Å². The van der Waals surface area contributed by atoms with E-state index in [1.54, 1.807) is 7.11 Å². The third-order valence-electron chi connectivity index (χ3n) is 4.44. The molecule has 1 fully saturated rings. The zero-order valence-corrected chi connectivity index (χ0v) is 15.3. The topological polar surface area (TPSA) is 87.3 Å². The van der Waals surface area contributed by atoms with Gasteiger partial charge in [-0.15, -0.1) is 11.3 Å². The highest BCUT2D eigenvalue weighted by Crippen LogP contribution is 2.19. The van der Waals surface area contributed by atoms with Crippen LogP contribution in [0.5, 0.6) is 0 Å². The summed E-state index contributed by atoms with van der Waals surface area (Å²) in [6, 6.07) is 3.96. The molecule has 0 radical (unpaired) electrons. The molecular formula is C17H22N4O3S. The van der Waals surface area contributed by atoms with Crippen LogP contribution in [0.4, 0.5) is 0 Å². The summed E-state index contributed by atoms with van der Waals surface area (Å²) in [6.45, 7) is 5.66. The second kappa shape index (κ2) is 7.47. The summed E-state index contributed by atoms with van der Waals surface area (Å²) in [5.74, 6) is 0.0438. The van der Waals surface area contributed by atoms with Crippen molar-refractivity contribution in [1.82, 2.24) is 20.2 Å². The first kappa shape index (κ1) is 17.8. The van der Waals surface area contributed by atoms with Crippen molar-refractivity contribution in [3.63, 3.8) is 0 Å². The van der Waals surface area contributed by atoms with Gasteiger partial charge >= 0.3 is 0 Å². The summed E-state index contributed by atoms with van der Waals surface area (Å²) in [7, 11) is 1.64. The number of carbonyl (C=O) groups is 1. The largest absolute Gasteiger partial charge is 0.378 e. The monoisotopic (exact) mass is 362 g/mol. The molecule has 1 saturated heterocycles. The van der Waals surface area contributed by atoms with E-state index in [4.69, 9.17) is 4.74 Å². The number of amides is 1. The van der Waals surface area contributed by atoms with Crippen molar-refractivity contribution < 1.29 is 9.53 Å². The first-order valence-electron chi connectivity index (χ1n) is 8.20. The number of nitrogens with zero attached hydrogens (tertiary/aromatic N) is 2. The van der Waals surface area contributed by atoms with Crippen LogP contribution in [0.1, 0.15) is 24.2 Å². The second-order valence-electron chi connectivity index (χ2n) is 6.35. The maximum Gasteiger partial charge on any atom is 0.264 e. The first-order chi connectivity index (χ1) is 12.0. The van der Waals surface area contributed by atoms with E-state index in [2.05, 4.69) is 34.0 Å². The summed E-state index contributed by atoms with van der Waals surface area (Å²) in [6.07, 6.45) is 1.24. The molecule has 134 valence electrons. The minimum atomic E-state index is -0.441. The minimum absolute atomic E-state index is 0.0122. The highest BCUT2D eigenvalue weighted by atomic mass is 32.1. The van der Waals surface area contributed by atoms with Crippen molar-refractivity contribution in [3.05, 3.63) is 39.6 Å². The van der Waals surface area contributed by atoms with E-state index in [1.807, 2.05) is 17.5 Å². The van der Waals surface area contributed by atoms with Gasteiger partial charge in [0.15, 0.2) is 0 Å². The smallest absolute Gasteiger partial charge is 0.264 e. The molecular weight excluding hydrogens is 340 g/mol. The Morgan fingerprint density at radius 2 is 2.28 bits per heavy atom. The van der Waals surface area contributed by atoms with Gasteiger partial charge in [-0.25, -0.2) is 4.98 Å². The normalized spacial score (nSPS) is 21.0. The number of H-pyrrole nitrogens is 1. The highest BCUT2D eigenvalue weighted by Gasteiger charge is 2.35. The summed E-state index contributed by atoms with van der Waals surface area (Å²) in [4.78, 5) is 34.8. The third-order valence-corrected chi connectivity index (χ3v) is 5.32. The number of nitrogens with one attached hydrogen (secondary N) is 2. The van der Waals surface area contributed by atoms with Crippen LogP contribution < -0.4 is 10.9 Å². The molecule has 1 aliphatic rings. The van der Waals surface area contributed by atoms with E-state index in [9.17, 15) is 9.59 Å². The van der Waals surface area contributed by atoms with Gasteiger partial charge < -0.3 is 15.0 Å². The van der Waals surface area contributed by atoms with Crippen LogP contribution in [0.15, 0.2) is 28.5 Å². The molecule has 0 spiro atoms. The molecule has 1 amide bonds. The summed E-state index contributed by atoms with van der Waals surface area (Å²) in [5, 5.41) is 4.82. The number of carbonyl (C=O) groups excluding carboxylic acids is 1. The van der Waals surface area contributed by atoms with Crippen molar-refractivity contribution in [1.29, 1.82) is 0 Å². The highest BCUT2D eigenvalue weighted by molar-refractivity contribution is 7.13. The number of ether oxygens (including phenoxy) is 1.